The molecular formula is C21H26N4O3. The number of fused-ring (bicyclic) bond motifs is 1. The minimum atomic E-state index is -0.250. The van der Waals surface area contributed by atoms with Gasteiger partial charge in [-0.2, -0.15) is 5.10 Å². The molecule has 0 amide bonds. The molecule has 1 saturated heterocycles. The molecule has 28 heavy (non-hydrogen) atoms. The molecule has 1 aliphatic heterocycles. The van der Waals surface area contributed by atoms with Gasteiger partial charge in [0.25, 0.3) is 6.47 Å². The first kappa shape index (κ1) is 19.8. The minimum Gasteiger partial charge on any atom is -0.483 e. The Balaban J connectivity index is 0.000000706. The van der Waals surface area contributed by atoms with E-state index in [-0.39, 0.29) is 6.47 Å². The molecule has 1 N–H and O–H groups in total. The summed E-state index contributed by atoms with van der Waals surface area (Å²) in [6.45, 7) is 9.55. The largest absolute Gasteiger partial charge is 0.483 e. The fourth-order valence-electron chi connectivity index (χ4n) is 3.67. The van der Waals surface area contributed by atoms with E-state index in [1.54, 1.807) is 0 Å². The van der Waals surface area contributed by atoms with Crippen LogP contribution < -0.4 is 4.90 Å². The number of aromatic nitrogens is 3. The van der Waals surface area contributed by atoms with Crippen molar-refractivity contribution in [2.75, 3.05) is 31.2 Å². The number of carboxylic acid groups (broad SMARTS) is 1. The Morgan fingerprint density at radius 3 is 2.43 bits per heavy atom. The van der Waals surface area contributed by atoms with E-state index in [1.165, 1.54) is 16.6 Å². The summed E-state index contributed by atoms with van der Waals surface area (Å²) in [4.78, 5) is 15.7. The van der Waals surface area contributed by atoms with Crippen LogP contribution in [0.2, 0.25) is 0 Å². The standard InChI is InChI=1S/C20H24N4O.CH2O2/c1-13-11-19(20-14(2)22-23(4)15(20)3)21-18-6-5-16(12-17(13)18)24-7-9-25-10-8-24;2-1-3/h5-6,11-12H,7-10H2,1-4H3;1H,(H,2,3). The van der Waals surface area contributed by atoms with Gasteiger partial charge in [-0.15, -0.1) is 0 Å². The number of hydrogen-bond acceptors (Lipinski definition) is 5. The average Bonchev–Trinajstić information content (AvgIpc) is 2.94. The zero-order valence-corrected chi connectivity index (χ0v) is 16.8. The quantitative estimate of drug-likeness (QED) is 0.686. The molecule has 148 valence electrons. The molecule has 0 radical (unpaired) electrons. The van der Waals surface area contributed by atoms with Gasteiger partial charge >= 0.3 is 0 Å². The number of morpholine rings is 1. The molecule has 1 fully saturated rings. The molecule has 7 heteroatoms. The molecule has 0 atom stereocenters. The maximum atomic E-state index is 8.36. The van der Waals surface area contributed by atoms with E-state index < -0.39 is 0 Å². The van der Waals surface area contributed by atoms with Crippen LogP contribution in [0.3, 0.4) is 0 Å². The van der Waals surface area contributed by atoms with Gasteiger partial charge in [-0.05, 0) is 50.6 Å². The highest BCUT2D eigenvalue weighted by molar-refractivity contribution is 5.88. The first-order valence-corrected chi connectivity index (χ1v) is 9.28. The van der Waals surface area contributed by atoms with Crippen LogP contribution in [0.4, 0.5) is 5.69 Å². The van der Waals surface area contributed by atoms with Crippen LogP contribution in [0.25, 0.3) is 22.2 Å². The molecule has 2 aromatic heterocycles. The summed E-state index contributed by atoms with van der Waals surface area (Å²) in [5, 5.41) is 12.6. The van der Waals surface area contributed by atoms with Gasteiger partial charge in [-0.3, -0.25) is 9.48 Å². The number of aryl methyl sites for hydroxylation is 3. The lowest BCUT2D eigenvalue weighted by Crippen LogP contribution is -2.36. The minimum absolute atomic E-state index is 0.250. The number of ether oxygens (including phenoxy) is 1. The van der Waals surface area contributed by atoms with E-state index in [2.05, 4.69) is 48.1 Å². The molecule has 0 bridgehead atoms. The van der Waals surface area contributed by atoms with E-state index in [4.69, 9.17) is 19.6 Å². The SMILES string of the molecule is Cc1nn(C)c(C)c1-c1cc(C)c2cc(N3CCOCC3)ccc2n1.O=CO. The second kappa shape index (κ2) is 8.39. The summed E-state index contributed by atoms with van der Waals surface area (Å²) in [6, 6.07) is 8.75. The van der Waals surface area contributed by atoms with Crippen LogP contribution in [0.1, 0.15) is 17.0 Å². The van der Waals surface area contributed by atoms with E-state index in [0.717, 1.165) is 54.5 Å². The molecule has 4 rings (SSSR count). The summed E-state index contributed by atoms with van der Waals surface area (Å²) < 4.78 is 7.38. The van der Waals surface area contributed by atoms with Crippen LogP contribution >= 0.6 is 0 Å². The zero-order chi connectivity index (χ0) is 20.3. The number of nitrogens with zero attached hydrogens (tertiary/aromatic N) is 4. The lowest BCUT2D eigenvalue weighted by Gasteiger charge is -2.29. The highest BCUT2D eigenvalue weighted by Crippen LogP contribution is 2.30. The van der Waals surface area contributed by atoms with Gasteiger partial charge in [0.15, 0.2) is 0 Å². The van der Waals surface area contributed by atoms with Crippen molar-refractivity contribution >= 4 is 23.1 Å². The molecular weight excluding hydrogens is 356 g/mol. The molecule has 3 heterocycles. The second-order valence-corrected chi connectivity index (χ2v) is 6.90. The van der Waals surface area contributed by atoms with Crippen molar-refractivity contribution in [3.8, 4) is 11.3 Å². The van der Waals surface area contributed by atoms with Crippen molar-refractivity contribution in [1.82, 2.24) is 14.8 Å². The van der Waals surface area contributed by atoms with Crippen molar-refractivity contribution in [3.05, 3.63) is 41.2 Å². The Bertz CT molecular complexity index is 991. The molecule has 3 aromatic rings. The van der Waals surface area contributed by atoms with Crippen LogP contribution in [0, 0.1) is 20.8 Å². The van der Waals surface area contributed by atoms with Crippen molar-refractivity contribution < 1.29 is 14.6 Å². The monoisotopic (exact) mass is 382 g/mol. The maximum Gasteiger partial charge on any atom is 0.290 e. The summed E-state index contributed by atoms with van der Waals surface area (Å²) in [6.07, 6.45) is 0. The third-order valence-corrected chi connectivity index (χ3v) is 5.14. The molecule has 1 aliphatic rings. The highest BCUT2D eigenvalue weighted by Gasteiger charge is 2.16. The molecule has 0 spiro atoms. The summed E-state index contributed by atoms with van der Waals surface area (Å²) in [7, 11) is 1.98. The Morgan fingerprint density at radius 1 is 1.14 bits per heavy atom. The van der Waals surface area contributed by atoms with Crippen molar-refractivity contribution in [2.24, 2.45) is 7.05 Å². The van der Waals surface area contributed by atoms with Crippen LogP contribution in [-0.2, 0) is 16.6 Å². The first-order valence-electron chi connectivity index (χ1n) is 9.28. The Morgan fingerprint density at radius 2 is 1.82 bits per heavy atom. The molecule has 0 unspecified atom stereocenters. The average molecular weight is 382 g/mol. The van der Waals surface area contributed by atoms with Crippen LogP contribution in [-0.4, -0.2) is 52.6 Å². The third kappa shape index (κ3) is 3.84. The lowest BCUT2D eigenvalue weighted by atomic mass is 10.0. The number of anilines is 1. The van der Waals surface area contributed by atoms with Gasteiger partial charge in [-0.1, -0.05) is 0 Å². The van der Waals surface area contributed by atoms with Crippen molar-refractivity contribution in [1.29, 1.82) is 0 Å². The summed E-state index contributed by atoms with van der Waals surface area (Å²) in [5.41, 5.74) is 7.86. The zero-order valence-electron chi connectivity index (χ0n) is 16.8. The molecule has 1 aromatic carbocycles. The first-order chi connectivity index (χ1) is 13.5. The normalized spacial score (nSPS) is 13.9. The van der Waals surface area contributed by atoms with Gasteiger partial charge in [0, 0.05) is 42.5 Å². The van der Waals surface area contributed by atoms with Gasteiger partial charge in [0.1, 0.15) is 0 Å². The lowest BCUT2D eigenvalue weighted by molar-refractivity contribution is -0.122. The Kier molecular flexibility index (Phi) is 5.94. The maximum absolute atomic E-state index is 8.36. The summed E-state index contributed by atoms with van der Waals surface area (Å²) >= 11 is 0. The molecule has 0 saturated carbocycles. The Labute approximate surface area is 164 Å². The van der Waals surface area contributed by atoms with E-state index in [1.807, 2.05) is 18.7 Å². The van der Waals surface area contributed by atoms with E-state index in [0.29, 0.717) is 0 Å². The second-order valence-electron chi connectivity index (χ2n) is 6.90. The number of rotatable bonds is 2. The number of benzene rings is 1. The predicted octanol–water partition coefficient (Wildman–Crippen LogP) is 3.10. The highest BCUT2D eigenvalue weighted by atomic mass is 16.5. The van der Waals surface area contributed by atoms with Crippen molar-refractivity contribution in [2.45, 2.75) is 20.8 Å². The van der Waals surface area contributed by atoms with Gasteiger partial charge < -0.3 is 14.7 Å². The van der Waals surface area contributed by atoms with Crippen molar-refractivity contribution in [3.63, 3.8) is 0 Å². The molecule has 0 aliphatic carbocycles. The third-order valence-electron chi connectivity index (χ3n) is 5.14. The number of carbonyl (C=O) groups is 1. The van der Waals surface area contributed by atoms with Gasteiger partial charge in [-0.25, -0.2) is 4.98 Å². The number of hydrogen-bond donors (Lipinski definition) is 1. The fourth-order valence-corrected chi connectivity index (χ4v) is 3.67. The van der Waals surface area contributed by atoms with E-state index in [9.17, 15) is 0 Å². The van der Waals surface area contributed by atoms with Gasteiger partial charge in [0.05, 0.1) is 30.1 Å². The van der Waals surface area contributed by atoms with Gasteiger partial charge in [0.2, 0.25) is 0 Å². The number of pyridine rings is 1. The van der Waals surface area contributed by atoms with Crippen LogP contribution in [0.5, 0.6) is 0 Å². The fraction of sp³-hybridized carbons (Fsp3) is 0.381. The predicted molar refractivity (Wildman–Crippen MR) is 110 cm³/mol. The topological polar surface area (TPSA) is 80.5 Å². The van der Waals surface area contributed by atoms with Crippen LogP contribution in [0.15, 0.2) is 24.3 Å². The molecule has 7 nitrogen and oxygen atoms in total. The smallest absolute Gasteiger partial charge is 0.290 e. The summed E-state index contributed by atoms with van der Waals surface area (Å²) in [5.74, 6) is 0. The van der Waals surface area contributed by atoms with E-state index >= 15 is 0 Å². The Hall–Kier alpha value is -2.93.